The van der Waals surface area contributed by atoms with Crippen molar-refractivity contribution in [2.45, 2.75) is 12.6 Å². The number of halogens is 3. The second-order valence-corrected chi connectivity index (χ2v) is 5.79. The van der Waals surface area contributed by atoms with Gasteiger partial charge in [-0.2, -0.15) is 5.10 Å². The Kier molecular flexibility index (Phi) is 5.22. The van der Waals surface area contributed by atoms with Crippen LogP contribution in [0.2, 0.25) is 10.0 Å². The van der Waals surface area contributed by atoms with Crippen LogP contribution in [0.3, 0.4) is 0 Å². The molecule has 0 fully saturated rings. The van der Waals surface area contributed by atoms with Crippen LogP contribution < -0.4 is 0 Å². The van der Waals surface area contributed by atoms with Gasteiger partial charge >= 0.3 is 0 Å². The van der Waals surface area contributed by atoms with Crippen LogP contribution in [-0.4, -0.2) is 40.4 Å². The second-order valence-electron chi connectivity index (χ2n) is 4.97. The topological polar surface area (TPSA) is 41.3 Å². The Labute approximate surface area is 132 Å². The van der Waals surface area contributed by atoms with Crippen molar-refractivity contribution in [2.75, 3.05) is 20.6 Å². The van der Waals surface area contributed by atoms with Gasteiger partial charge in [-0.25, -0.2) is 4.39 Å². The van der Waals surface area contributed by atoms with E-state index in [0.29, 0.717) is 22.8 Å². The lowest BCUT2D eigenvalue weighted by Gasteiger charge is -2.17. The summed E-state index contributed by atoms with van der Waals surface area (Å²) in [4.78, 5) is 2.00. The Morgan fingerprint density at radius 3 is 2.67 bits per heavy atom. The second kappa shape index (κ2) is 6.75. The van der Waals surface area contributed by atoms with Gasteiger partial charge in [0.1, 0.15) is 11.9 Å². The lowest BCUT2D eigenvalue weighted by Crippen LogP contribution is -2.21. The van der Waals surface area contributed by atoms with Crippen molar-refractivity contribution in [3.8, 4) is 0 Å². The number of benzene rings is 1. The van der Waals surface area contributed by atoms with Gasteiger partial charge in [-0.05, 0) is 26.2 Å². The number of hydrogen-bond donors (Lipinski definition) is 1. The molecule has 1 aromatic carbocycles. The maximum atomic E-state index is 13.1. The molecule has 0 spiro atoms. The molecule has 2 rings (SSSR count). The van der Waals surface area contributed by atoms with Gasteiger partial charge in [0.15, 0.2) is 0 Å². The highest BCUT2D eigenvalue weighted by atomic mass is 35.5. The van der Waals surface area contributed by atoms with Crippen molar-refractivity contribution in [3.05, 3.63) is 51.5 Å². The number of likely N-dealkylation sites (N-methyl/N-ethyl adjacent to an activating group) is 1. The van der Waals surface area contributed by atoms with Crippen LogP contribution in [0.4, 0.5) is 4.39 Å². The van der Waals surface area contributed by atoms with Crippen molar-refractivity contribution in [3.63, 3.8) is 0 Å². The predicted molar refractivity (Wildman–Crippen MR) is 81.3 cm³/mol. The minimum atomic E-state index is -1.06. The lowest BCUT2D eigenvalue weighted by molar-refractivity contribution is 0.205. The minimum absolute atomic E-state index is 0.152. The van der Waals surface area contributed by atoms with Crippen LogP contribution >= 0.6 is 23.2 Å². The van der Waals surface area contributed by atoms with Crippen LogP contribution in [0.5, 0.6) is 0 Å². The molecule has 0 aliphatic rings. The Bertz CT molecular complexity index is 631. The van der Waals surface area contributed by atoms with Gasteiger partial charge in [0.2, 0.25) is 0 Å². The summed E-state index contributed by atoms with van der Waals surface area (Å²) in [5, 5.41) is 15.2. The minimum Gasteiger partial charge on any atom is -0.382 e. The van der Waals surface area contributed by atoms with Gasteiger partial charge in [-0.15, -0.1) is 0 Å². The molecule has 1 N–H and O–H groups in total. The smallest absolute Gasteiger partial charge is 0.124 e. The van der Waals surface area contributed by atoms with E-state index in [0.717, 1.165) is 12.6 Å². The van der Waals surface area contributed by atoms with E-state index in [2.05, 4.69) is 5.10 Å². The van der Waals surface area contributed by atoms with Crippen LogP contribution in [-0.2, 0) is 6.54 Å². The zero-order chi connectivity index (χ0) is 15.6. The first-order valence-electron chi connectivity index (χ1n) is 6.39. The molecule has 0 radical (unpaired) electrons. The van der Waals surface area contributed by atoms with E-state index in [1.165, 1.54) is 18.3 Å². The molecule has 4 nitrogen and oxygen atoms in total. The molecule has 0 aliphatic carbocycles. The fraction of sp³-hybridized carbons (Fsp3) is 0.357. The molecule has 0 bridgehead atoms. The van der Waals surface area contributed by atoms with Crippen LogP contribution in [0.15, 0.2) is 24.4 Å². The molecule has 2 aromatic rings. The molecular formula is C14H16Cl2FN3O. The fourth-order valence-corrected chi connectivity index (χ4v) is 2.50. The largest absolute Gasteiger partial charge is 0.382 e. The van der Waals surface area contributed by atoms with Crippen LogP contribution in [0.1, 0.15) is 17.4 Å². The van der Waals surface area contributed by atoms with E-state index in [1.54, 1.807) is 4.68 Å². The lowest BCUT2D eigenvalue weighted by atomic mass is 10.1. The zero-order valence-electron chi connectivity index (χ0n) is 11.7. The number of hydrogen-bond acceptors (Lipinski definition) is 3. The molecule has 0 saturated carbocycles. The van der Waals surface area contributed by atoms with Gasteiger partial charge in [-0.1, -0.05) is 29.3 Å². The average Bonchev–Trinajstić information content (AvgIpc) is 2.77. The van der Waals surface area contributed by atoms with E-state index in [1.807, 2.05) is 19.0 Å². The zero-order valence-corrected chi connectivity index (χ0v) is 13.2. The molecule has 0 aliphatic heterocycles. The first-order valence-corrected chi connectivity index (χ1v) is 7.14. The molecule has 1 aromatic heterocycles. The van der Waals surface area contributed by atoms with Gasteiger partial charge in [-0.3, -0.25) is 4.68 Å². The Balaban J connectivity index is 2.34. The normalized spacial score (nSPS) is 12.9. The summed E-state index contributed by atoms with van der Waals surface area (Å²) in [5.74, 6) is -0.455. The highest BCUT2D eigenvalue weighted by Gasteiger charge is 2.22. The summed E-state index contributed by atoms with van der Waals surface area (Å²) >= 11 is 12.1. The number of aromatic nitrogens is 2. The average molecular weight is 332 g/mol. The summed E-state index contributed by atoms with van der Waals surface area (Å²) in [5.41, 5.74) is 0.846. The van der Waals surface area contributed by atoms with Crippen molar-refractivity contribution in [2.24, 2.45) is 0 Å². The van der Waals surface area contributed by atoms with E-state index in [-0.39, 0.29) is 5.02 Å². The quantitative estimate of drug-likeness (QED) is 0.915. The monoisotopic (exact) mass is 331 g/mol. The molecule has 7 heteroatoms. The Morgan fingerprint density at radius 1 is 1.33 bits per heavy atom. The highest BCUT2D eigenvalue weighted by molar-refractivity contribution is 6.32. The third-order valence-electron chi connectivity index (χ3n) is 3.11. The first kappa shape index (κ1) is 16.2. The van der Waals surface area contributed by atoms with Gasteiger partial charge in [0.05, 0.1) is 23.5 Å². The number of aliphatic hydroxyl groups is 1. The van der Waals surface area contributed by atoms with Gasteiger partial charge in [0.25, 0.3) is 0 Å². The molecule has 1 heterocycles. The van der Waals surface area contributed by atoms with Gasteiger partial charge in [0, 0.05) is 17.1 Å². The van der Waals surface area contributed by atoms with Crippen molar-refractivity contribution in [1.29, 1.82) is 0 Å². The Morgan fingerprint density at radius 2 is 2.05 bits per heavy atom. The highest BCUT2D eigenvalue weighted by Crippen LogP contribution is 2.32. The van der Waals surface area contributed by atoms with Crippen molar-refractivity contribution in [1.82, 2.24) is 14.7 Å². The van der Waals surface area contributed by atoms with Crippen molar-refractivity contribution < 1.29 is 9.50 Å². The number of rotatable bonds is 5. The predicted octanol–water partition coefficient (Wildman–Crippen LogP) is 2.97. The Hall–Kier alpha value is -1.14. The van der Waals surface area contributed by atoms with E-state index < -0.39 is 11.9 Å². The third-order valence-corrected chi connectivity index (χ3v) is 3.73. The SMILES string of the molecule is CN(C)CCn1ncc(Cl)c1C(O)c1ccc(F)cc1Cl. The van der Waals surface area contributed by atoms with Gasteiger partial charge < -0.3 is 10.0 Å². The number of nitrogens with zero attached hydrogens (tertiary/aromatic N) is 3. The maximum absolute atomic E-state index is 13.1. The maximum Gasteiger partial charge on any atom is 0.124 e. The van der Waals surface area contributed by atoms with Crippen LogP contribution in [0.25, 0.3) is 0 Å². The summed E-state index contributed by atoms with van der Waals surface area (Å²) in [7, 11) is 3.89. The number of aliphatic hydroxyl groups excluding tert-OH is 1. The molecule has 114 valence electrons. The standard InChI is InChI=1S/C14H16Cl2FN3O/c1-19(2)5-6-20-13(12(16)8-18-20)14(21)10-4-3-9(17)7-11(10)15/h3-4,7-8,14,21H,5-6H2,1-2H3. The summed E-state index contributed by atoms with van der Waals surface area (Å²) in [6.07, 6.45) is 0.419. The van der Waals surface area contributed by atoms with Crippen LogP contribution in [0, 0.1) is 5.82 Å². The summed E-state index contributed by atoms with van der Waals surface area (Å²) < 4.78 is 14.7. The fourth-order valence-electron chi connectivity index (χ4n) is 1.99. The molecule has 0 amide bonds. The molecule has 1 atom stereocenters. The van der Waals surface area contributed by atoms with E-state index >= 15 is 0 Å². The first-order chi connectivity index (χ1) is 9.90. The van der Waals surface area contributed by atoms with Crippen molar-refractivity contribution >= 4 is 23.2 Å². The summed E-state index contributed by atoms with van der Waals surface area (Å²) in [6, 6.07) is 3.86. The molecular weight excluding hydrogens is 316 g/mol. The molecule has 0 saturated heterocycles. The van der Waals surface area contributed by atoms with E-state index in [4.69, 9.17) is 23.2 Å². The van der Waals surface area contributed by atoms with E-state index in [9.17, 15) is 9.50 Å². The molecule has 21 heavy (non-hydrogen) atoms. The summed E-state index contributed by atoms with van der Waals surface area (Å²) in [6.45, 7) is 1.32. The third kappa shape index (κ3) is 3.74. The molecule has 1 unspecified atom stereocenters.